The van der Waals surface area contributed by atoms with Gasteiger partial charge in [-0.05, 0) is 42.2 Å². The lowest BCUT2D eigenvalue weighted by Crippen LogP contribution is -2.39. The lowest BCUT2D eigenvalue weighted by atomic mass is 9.98. The van der Waals surface area contributed by atoms with Crippen LogP contribution >= 0.6 is 11.6 Å². The zero-order valence-electron chi connectivity index (χ0n) is 15.3. The molecule has 2 aromatic rings. The van der Waals surface area contributed by atoms with Crippen molar-refractivity contribution in [2.24, 2.45) is 5.92 Å². The molecule has 0 aromatic heterocycles. The standard InChI is InChI=1S/C21H22ClNO4S/c22-20-8-4-7-18(15-20)16-27-21(24)19-9-12-23(13-10-19)28(25,26)14-11-17-5-2-1-3-6-17/h1-8,11,14-15,19H,9-10,12-13,16H2/b14-11+. The van der Waals surface area contributed by atoms with Gasteiger partial charge in [0.1, 0.15) is 6.61 Å². The van der Waals surface area contributed by atoms with Crippen molar-refractivity contribution in [1.82, 2.24) is 4.31 Å². The highest BCUT2D eigenvalue weighted by Crippen LogP contribution is 2.22. The van der Waals surface area contributed by atoms with Gasteiger partial charge in [-0.25, -0.2) is 8.42 Å². The van der Waals surface area contributed by atoms with Gasteiger partial charge in [0.05, 0.1) is 5.92 Å². The average Bonchev–Trinajstić information content (AvgIpc) is 2.71. The minimum atomic E-state index is -3.50. The minimum Gasteiger partial charge on any atom is -0.461 e. The number of rotatable bonds is 6. The van der Waals surface area contributed by atoms with Crippen LogP contribution in [0.2, 0.25) is 5.02 Å². The number of carbonyl (C=O) groups is 1. The van der Waals surface area contributed by atoms with Crippen LogP contribution in [0.1, 0.15) is 24.0 Å². The van der Waals surface area contributed by atoms with Gasteiger partial charge >= 0.3 is 5.97 Å². The van der Waals surface area contributed by atoms with E-state index < -0.39 is 10.0 Å². The van der Waals surface area contributed by atoms with Crippen LogP contribution < -0.4 is 0 Å². The van der Waals surface area contributed by atoms with E-state index in [1.165, 1.54) is 9.71 Å². The van der Waals surface area contributed by atoms with Gasteiger partial charge < -0.3 is 4.74 Å². The second kappa shape index (κ2) is 9.37. The van der Waals surface area contributed by atoms with Crippen molar-refractivity contribution in [3.05, 3.63) is 76.2 Å². The molecular formula is C21H22ClNO4S. The molecule has 0 radical (unpaired) electrons. The van der Waals surface area contributed by atoms with Crippen LogP contribution in [0.4, 0.5) is 0 Å². The summed E-state index contributed by atoms with van der Waals surface area (Å²) in [6, 6.07) is 16.4. The maximum atomic E-state index is 12.5. The molecule has 2 aromatic carbocycles. The summed E-state index contributed by atoms with van der Waals surface area (Å²) in [6.07, 6.45) is 2.49. The largest absolute Gasteiger partial charge is 0.461 e. The molecule has 3 rings (SSSR count). The van der Waals surface area contributed by atoms with E-state index in [1.807, 2.05) is 36.4 Å². The molecule has 28 heavy (non-hydrogen) atoms. The first-order valence-electron chi connectivity index (χ1n) is 9.08. The van der Waals surface area contributed by atoms with E-state index in [2.05, 4.69) is 0 Å². The summed E-state index contributed by atoms with van der Waals surface area (Å²) in [7, 11) is -3.50. The highest BCUT2D eigenvalue weighted by molar-refractivity contribution is 7.92. The zero-order valence-corrected chi connectivity index (χ0v) is 16.9. The van der Waals surface area contributed by atoms with Crippen LogP contribution in [0.15, 0.2) is 60.0 Å². The van der Waals surface area contributed by atoms with E-state index in [1.54, 1.807) is 24.3 Å². The monoisotopic (exact) mass is 419 g/mol. The Kier molecular flexibility index (Phi) is 6.88. The van der Waals surface area contributed by atoms with Gasteiger partial charge in [-0.3, -0.25) is 4.79 Å². The number of piperidine rings is 1. The topological polar surface area (TPSA) is 63.7 Å². The molecule has 1 aliphatic rings. The molecule has 0 spiro atoms. The Bertz CT molecular complexity index is 936. The predicted octanol–water partition coefficient (Wildman–Crippen LogP) is 4.10. The maximum absolute atomic E-state index is 12.5. The normalized spacial score (nSPS) is 16.3. The quantitative estimate of drug-likeness (QED) is 0.661. The van der Waals surface area contributed by atoms with Crippen LogP contribution in [0.3, 0.4) is 0 Å². The van der Waals surface area contributed by atoms with Crippen molar-refractivity contribution in [3.63, 3.8) is 0 Å². The first-order valence-corrected chi connectivity index (χ1v) is 11.0. The highest BCUT2D eigenvalue weighted by atomic mass is 35.5. The fraction of sp³-hybridized carbons (Fsp3) is 0.286. The summed E-state index contributed by atoms with van der Waals surface area (Å²) in [5, 5.41) is 1.82. The minimum absolute atomic E-state index is 0.164. The number of sulfonamides is 1. The summed E-state index contributed by atoms with van der Waals surface area (Å²) in [5.41, 5.74) is 1.65. The number of hydrogen-bond donors (Lipinski definition) is 0. The molecule has 1 fully saturated rings. The SMILES string of the molecule is O=C(OCc1cccc(Cl)c1)C1CCN(S(=O)(=O)/C=C/c2ccccc2)CC1. The van der Waals surface area contributed by atoms with Gasteiger partial charge in [0.25, 0.3) is 0 Å². The Morgan fingerprint density at radius 3 is 2.50 bits per heavy atom. The molecule has 0 unspecified atom stereocenters. The van der Waals surface area contributed by atoms with Crippen LogP contribution in [0.25, 0.3) is 6.08 Å². The number of esters is 1. The Labute approximate surface area is 170 Å². The molecule has 7 heteroatoms. The fourth-order valence-electron chi connectivity index (χ4n) is 3.06. The molecular weight excluding hydrogens is 398 g/mol. The Hall–Kier alpha value is -2.15. The van der Waals surface area contributed by atoms with Gasteiger partial charge in [0.15, 0.2) is 0 Å². The number of ether oxygens (including phenoxy) is 1. The van der Waals surface area contributed by atoms with Crippen LogP contribution in [-0.4, -0.2) is 31.8 Å². The molecule has 5 nitrogen and oxygen atoms in total. The summed E-state index contributed by atoms with van der Waals surface area (Å²) >= 11 is 5.92. The lowest BCUT2D eigenvalue weighted by molar-refractivity contribution is -0.151. The highest BCUT2D eigenvalue weighted by Gasteiger charge is 2.30. The third-order valence-electron chi connectivity index (χ3n) is 4.65. The lowest BCUT2D eigenvalue weighted by Gasteiger charge is -2.29. The first-order chi connectivity index (χ1) is 13.4. The molecule has 0 bridgehead atoms. The third kappa shape index (κ3) is 5.67. The molecule has 1 saturated heterocycles. The van der Waals surface area contributed by atoms with E-state index in [0.29, 0.717) is 31.0 Å². The van der Waals surface area contributed by atoms with Gasteiger partial charge in [-0.1, -0.05) is 54.1 Å². The Morgan fingerprint density at radius 1 is 1.11 bits per heavy atom. The second-order valence-corrected chi connectivity index (χ2v) is 8.92. The van der Waals surface area contributed by atoms with Gasteiger partial charge in [-0.2, -0.15) is 4.31 Å². The van der Waals surface area contributed by atoms with E-state index in [-0.39, 0.29) is 18.5 Å². The fourth-order valence-corrected chi connectivity index (χ4v) is 4.49. The number of benzene rings is 2. The molecule has 0 N–H and O–H groups in total. The van der Waals surface area contributed by atoms with Crippen molar-refractivity contribution in [3.8, 4) is 0 Å². The summed E-state index contributed by atoms with van der Waals surface area (Å²) in [4.78, 5) is 12.3. The molecule has 1 aliphatic heterocycles. The molecule has 148 valence electrons. The van der Waals surface area contributed by atoms with Crippen molar-refractivity contribution in [1.29, 1.82) is 0 Å². The van der Waals surface area contributed by atoms with Crippen molar-refractivity contribution in [2.45, 2.75) is 19.4 Å². The second-order valence-electron chi connectivity index (χ2n) is 6.67. The van der Waals surface area contributed by atoms with Gasteiger partial charge in [0.2, 0.25) is 10.0 Å². The first kappa shape index (κ1) is 20.6. The summed E-state index contributed by atoms with van der Waals surface area (Å²) < 4.78 is 31.8. The Morgan fingerprint density at radius 2 is 1.82 bits per heavy atom. The average molecular weight is 420 g/mol. The van der Waals surface area contributed by atoms with Crippen molar-refractivity contribution >= 4 is 33.7 Å². The van der Waals surface area contributed by atoms with Gasteiger partial charge in [-0.15, -0.1) is 0 Å². The van der Waals surface area contributed by atoms with Crippen molar-refractivity contribution < 1.29 is 17.9 Å². The van der Waals surface area contributed by atoms with E-state index in [9.17, 15) is 13.2 Å². The molecule has 0 aliphatic carbocycles. The van der Waals surface area contributed by atoms with E-state index in [0.717, 1.165) is 11.1 Å². The summed E-state index contributed by atoms with van der Waals surface area (Å²) in [5.74, 6) is -0.583. The third-order valence-corrected chi connectivity index (χ3v) is 6.45. The molecule has 0 amide bonds. The number of nitrogens with zero attached hydrogens (tertiary/aromatic N) is 1. The van der Waals surface area contributed by atoms with Crippen LogP contribution in [0.5, 0.6) is 0 Å². The number of halogens is 1. The molecule has 0 atom stereocenters. The van der Waals surface area contributed by atoms with E-state index >= 15 is 0 Å². The van der Waals surface area contributed by atoms with Crippen LogP contribution in [0, 0.1) is 5.92 Å². The molecule has 1 heterocycles. The summed E-state index contributed by atoms with van der Waals surface area (Å²) in [6.45, 7) is 0.772. The number of carbonyl (C=O) groups excluding carboxylic acids is 1. The van der Waals surface area contributed by atoms with Crippen molar-refractivity contribution in [2.75, 3.05) is 13.1 Å². The zero-order chi connectivity index (χ0) is 20.0. The smallest absolute Gasteiger partial charge is 0.309 e. The number of hydrogen-bond acceptors (Lipinski definition) is 4. The molecule has 0 saturated carbocycles. The predicted molar refractivity (Wildman–Crippen MR) is 110 cm³/mol. The van der Waals surface area contributed by atoms with Gasteiger partial charge in [0, 0.05) is 23.5 Å². The Balaban J connectivity index is 1.50. The van der Waals surface area contributed by atoms with Crippen LogP contribution in [-0.2, 0) is 26.2 Å². The maximum Gasteiger partial charge on any atom is 0.309 e. The van der Waals surface area contributed by atoms with E-state index in [4.69, 9.17) is 16.3 Å².